The summed E-state index contributed by atoms with van der Waals surface area (Å²) in [7, 11) is 0. The number of anilines is 1. The van der Waals surface area contributed by atoms with Gasteiger partial charge in [0.05, 0.1) is 12.4 Å². The summed E-state index contributed by atoms with van der Waals surface area (Å²) in [6.45, 7) is 6.62. The van der Waals surface area contributed by atoms with Crippen LogP contribution in [0.4, 0.5) is 5.82 Å². The van der Waals surface area contributed by atoms with Gasteiger partial charge in [-0.2, -0.15) is 5.26 Å². The Morgan fingerprint density at radius 3 is 2.59 bits per heavy atom. The molecule has 0 radical (unpaired) electrons. The van der Waals surface area contributed by atoms with E-state index in [-0.39, 0.29) is 0 Å². The lowest BCUT2D eigenvalue weighted by molar-refractivity contribution is 0.301. The van der Waals surface area contributed by atoms with Crippen LogP contribution < -0.4 is 4.90 Å². The summed E-state index contributed by atoms with van der Waals surface area (Å²) in [6.07, 6.45) is 6.91. The molecule has 1 fully saturated rings. The average Bonchev–Trinajstić information content (AvgIpc) is 2.84. The number of nitrogens with zero attached hydrogens (tertiary/aromatic N) is 4. The molecule has 1 saturated heterocycles. The highest BCUT2D eigenvalue weighted by Gasteiger charge is 2.35. The van der Waals surface area contributed by atoms with Gasteiger partial charge in [-0.1, -0.05) is 13.8 Å². The van der Waals surface area contributed by atoms with Crippen molar-refractivity contribution < 1.29 is 0 Å². The molecule has 1 aromatic heterocycles. The normalized spacial score (nSPS) is 18.1. The summed E-state index contributed by atoms with van der Waals surface area (Å²) >= 11 is 0. The zero-order valence-electron chi connectivity index (χ0n) is 10.5. The van der Waals surface area contributed by atoms with Crippen molar-refractivity contribution in [3.63, 3.8) is 0 Å². The summed E-state index contributed by atoms with van der Waals surface area (Å²) in [6, 6.07) is 1.99. The molecule has 1 aliphatic rings. The van der Waals surface area contributed by atoms with Crippen molar-refractivity contribution in [1.29, 1.82) is 5.26 Å². The van der Waals surface area contributed by atoms with E-state index in [0.717, 1.165) is 18.9 Å². The van der Waals surface area contributed by atoms with Crippen LogP contribution in [0.1, 0.15) is 38.8 Å². The lowest BCUT2D eigenvalue weighted by atomic mass is 9.82. The van der Waals surface area contributed by atoms with Gasteiger partial charge >= 0.3 is 0 Å². The highest BCUT2D eigenvalue weighted by atomic mass is 15.2. The minimum absolute atomic E-state index is 0.380. The van der Waals surface area contributed by atoms with Gasteiger partial charge in [-0.15, -0.1) is 0 Å². The molecule has 2 heterocycles. The maximum atomic E-state index is 8.69. The molecule has 0 aromatic carbocycles. The van der Waals surface area contributed by atoms with Gasteiger partial charge in [0.2, 0.25) is 0 Å². The molecule has 17 heavy (non-hydrogen) atoms. The van der Waals surface area contributed by atoms with E-state index in [2.05, 4.69) is 28.7 Å². The average molecular weight is 230 g/mol. The fraction of sp³-hybridized carbons (Fsp3) is 0.615. The van der Waals surface area contributed by atoms with Crippen LogP contribution in [-0.2, 0) is 0 Å². The SMILES string of the molecule is CCC1(CC)CCN(c2cnc(C#N)cn2)C1. The lowest BCUT2D eigenvalue weighted by Crippen LogP contribution is -2.26. The first-order valence-corrected chi connectivity index (χ1v) is 6.20. The van der Waals surface area contributed by atoms with Crippen molar-refractivity contribution in [1.82, 2.24) is 9.97 Å². The predicted octanol–water partition coefficient (Wildman–Crippen LogP) is 2.36. The van der Waals surface area contributed by atoms with Crippen LogP contribution in [0, 0.1) is 16.7 Å². The molecule has 0 spiro atoms. The first-order chi connectivity index (χ1) is 8.23. The van der Waals surface area contributed by atoms with E-state index in [1.165, 1.54) is 19.3 Å². The first kappa shape index (κ1) is 11.8. The Morgan fingerprint density at radius 1 is 1.35 bits per heavy atom. The standard InChI is InChI=1S/C13H18N4/c1-3-13(4-2)5-6-17(10-13)12-9-15-11(7-14)8-16-12/h8-9H,3-6,10H2,1-2H3. The van der Waals surface area contributed by atoms with Crippen molar-refractivity contribution in [3.8, 4) is 6.07 Å². The minimum atomic E-state index is 0.380. The van der Waals surface area contributed by atoms with Crippen molar-refractivity contribution >= 4 is 5.82 Å². The van der Waals surface area contributed by atoms with Crippen molar-refractivity contribution in [2.75, 3.05) is 18.0 Å². The maximum Gasteiger partial charge on any atom is 0.158 e. The van der Waals surface area contributed by atoms with Gasteiger partial charge in [-0.25, -0.2) is 9.97 Å². The summed E-state index contributed by atoms with van der Waals surface area (Å²) < 4.78 is 0. The molecule has 4 heteroatoms. The van der Waals surface area contributed by atoms with Crippen LogP contribution in [-0.4, -0.2) is 23.1 Å². The van der Waals surface area contributed by atoms with Gasteiger partial charge in [0.1, 0.15) is 11.9 Å². The monoisotopic (exact) mass is 230 g/mol. The zero-order chi connectivity index (χ0) is 12.3. The second-order valence-electron chi connectivity index (χ2n) is 4.75. The van der Waals surface area contributed by atoms with E-state index >= 15 is 0 Å². The number of hydrogen-bond acceptors (Lipinski definition) is 4. The third kappa shape index (κ3) is 2.23. The van der Waals surface area contributed by atoms with Crippen molar-refractivity contribution in [3.05, 3.63) is 18.1 Å². The Labute approximate surface area is 102 Å². The molecule has 0 amide bonds. The molecule has 1 aliphatic heterocycles. The molecule has 0 aliphatic carbocycles. The molecule has 1 aromatic rings. The molecule has 2 rings (SSSR count). The summed E-state index contributed by atoms with van der Waals surface area (Å²) in [5, 5.41) is 8.69. The number of nitriles is 1. The van der Waals surface area contributed by atoms with Gasteiger partial charge in [0.25, 0.3) is 0 Å². The largest absolute Gasteiger partial charge is 0.355 e. The number of aromatic nitrogens is 2. The van der Waals surface area contributed by atoms with Crippen LogP contribution in [0.5, 0.6) is 0 Å². The van der Waals surface area contributed by atoms with Gasteiger partial charge in [0.15, 0.2) is 5.69 Å². The third-order valence-electron chi connectivity index (χ3n) is 4.02. The molecular formula is C13H18N4. The van der Waals surface area contributed by atoms with Crippen molar-refractivity contribution in [2.45, 2.75) is 33.1 Å². The van der Waals surface area contributed by atoms with E-state index in [1.807, 2.05) is 6.07 Å². The highest BCUT2D eigenvalue weighted by Crippen LogP contribution is 2.38. The van der Waals surface area contributed by atoms with E-state index in [1.54, 1.807) is 12.4 Å². The predicted molar refractivity (Wildman–Crippen MR) is 66.6 cm³/mol. The second kappa shape index (κ2) is 4.70. The minimum Gasteiger partial charge on any atom is -0.355 e. The summed E-state index contributed by atoms with van der Waals surface area (Å²) in [5.74, 6) is 0.896. The molecule has 0 saturated carbocycles. The molecule has 0 atom stereocenters. The first-order valence-electron chi connectivity index (χ1n) is 6.20. The van der Waals surface area contributed by atoms with E-state index < -0.39 is 0 Å². The Kier molecular flexibility index (Phi) is 3.28. The Morgan fingerprint density at radius 2 is 2.12 bits per heavy atom. The maximum absolute atomic E-state index is 8.69. The van der Waals surface area contributed by atoms with E-state index in [0.29, 0.717) is 11.1 Å². The second-order valence-corrected chi connectivity index (χ2v) is 4.75. The molecule has 0 unspecified atom stereocenters. The Balaban J connectivity index is 2.12. The fourth-order valence-corrected chi connectivity index (χ4v) is 2.50. The number of hydrogen-bond donors (Lipinski definition) is 0. The molecule has 0 bridgehead atoms. The van der Waals surface area contributed by atoms with Gasteiger partial charge in [0, 0.05) is 13.1 Å². The molecular weight excluding hydrogens is 212 g/mol. The Bertz CT molecular complexity index is 414. The van der Waals surface area contributed by atoms with E-state index in [9.17, 15) is 0 Å². The lowest BCUT2D eigenvalue weighted by Gasteiger charge is -2.26. The number of rotatable bonds is 3. The summed E-state index contributed by atoms with van der Waals surface area (Å²) in [5.41, 5.74) is 0.820. The topological polar surface area (TPSA) is 52.8 Å². The van der Waals surface area contributed by atoms with E-state index in [4.69, 9.17) is 5.26 Å². The molecule has 0 N–H and O–H groups in total. The van der Waals surface area contributed by atoms with Gasteiger partial charge < -0.3 is 4.90 Å². The van der Waals surface area contributed by atoms with Crippen LogP contribution in [0.2, 0.25) is 0 Å². The smallest absolute Gasteiger partial charge is 0.158 e. The quantitative estimate of drug-likeness (QED) is 0.800. The van der Waals surface area contributed by atoms with Gasteiger partial charge in [-0.3, -0.25) is 0 Å². The molecule has 90 valence electrons. The van der Waals surface area contributed by atoms with Crippen molar-refractivity contribution in [2.24, 2.45) is 5.41 Å². The highest BCUT2D eigenvalue weighted by molar-refractivity contribution is 5.39. The molecule has 4 nitrogen and oxygen atoms in total. The summed E-state index contributed by atoms with van der Waals surface area (Å²) in [4.78, 5) is 10.7. The van der Waals surface area contributed by atoms with Crippen LogP contribution in [0.15, 0.2) is 12.4 Å². The fourth-order valence-electron chi connectivity index (χ4n) is 2.50. The van der Waals surface area contributed by atoms with Crippen LogP contribution in [0.25, 0.3) is 0 Å². The Hall–Kier alpha value is -1.63. The van der Waals surface area contributed by atoms with Crippen LogP contribution >= 0.6 is 0 Å². The van der Waals surface area contributed by atoms with Gasteiger partial charge in [-0.05, 0) is 24.7 Å². The third-order valence-corrected chi connectivity index (χ3v) is 4.02. The zero-order valence-corrected chi connectivity index (χ0v) is 10.5. The van der Waals surface area contributed by atoms with Crippen LogP contribution in [0.3, 0.4) is 0 Å².